The lowest BCUT2D eigenvalue weighted by atomic mass is 9.97. The van der Waals surface area contributed by atoms with Gasteiger partial charge >= 0.3 is 0 Å². The highest BCUT2D eigenvalue weighted by Crippen LogP contribution is 2.30. The van der Waals surface area contributed by atoms with E-state index in [2.05, 4.69) is 33.4 Å². The molecule has 1 aromatic rings. The molecule has 1 unspecified atom stereocenters. The summed E-state index contributed by atoms with van der Waals surface area (Å²) in [6.07, 6.45) is 8.35. The summed E-state index contributed by atoms with van der Waals surface area (Å²) in [5, 5.41) is 3.35. The highest BCUT2D eigenvalue weighted by atomic mass is 19.1. The van der Waals surface area contributed by atoms with Gasteiger partial charge in [-0.2, -0.15) is 0 Å². The minimum atomic E-state index is -1.05. The number of hydrogen-bond donors (Lipinski definition) is 1. The monoisotopic (exact) mass is 303 g/mol. The first kappa shape index (κ1) is 15.5. The third kappa shape index (κ3) is 3.67. The number of fused-ring (bicyclic) bond motifs is 1. The average Bonchev–Trinajstić information content (AvgIpc) is 2.93. The van der Waals surface area contributed by atoms with Crippen molar-refractivity contribution in [3.05, 3.63) is 35.5 Å². The third-order valence-electron chi connectivity index (χ3n) is 4.76. The number of allylic oxidation sites excluding steroid dienone is 1. The van der Waals surface area contributed by atoms with Gasteiger partial charge in [-0.1, -0.05) is 18.2 Å². The lowest BCUT2D eigenvalue weighted by molar-refractivity contribution is 0.156. The first-order valence-corrected chi connectivity index (χ1v) is 8.44. The minimum Gasteiger partial charge on any atom is -0.370 e. The standard InChI is InChI=1S/C18H26FN3/c1-2-3-12-22-13-10-18(19,14-22)9-8-16-7-6-15-5-4-11-20-17(15)21-16/h2-3,6-7H,4-5,8-14H2,1H3,(H,20,21). The van der Waals surface area contributed by atoms with Crippen LogP contribution in [0.25, 0.3) is 0 Å². The van der Waals surface area contributed by atoms with Crippen LogP contribution in [0.2, 0.25) is 0 Å². The van der Waals surface area contributed by atoms with Gasteiger partial charge in [-0.25, -0.2) is 9.37 Å². The first-order chi connectivity index (χ1) is 10.7. The van der Waals surface area contributed by atoms with Gasteiger partial charge in [-0.15, -0.1) is 0 Å². The Labute approximate surface area is 132 Å². The van der Waals surface area contributed by atoms with Crippen molar-refractivity contribution < 1.29 is 4.39 Å². The van der Waals surface area contributed by atoms with Crippen molar-refractivity contribution in [1.29, 1.82) is 0 Å². The van der Waals surface area contributed by atoms with Crippen molar-refractivity contribution in [3.63, 3.8) is 0 Å². The molecule has 0 spiro atoms. The van der Waals surface area contributed by atoms with Crippen LogP contribution >= 0.6 is 0 Å². The average molecular weight is 303 g/mol. The van der Waals surface area contributed by atoms with Crippen LogP contribution in [-0.2, 0) is 12.8 Å². The predicted molar refractivity (Wildman–Crippen MR) is 89.1 cm³/mol. The lowest BCUT2D eigenvalue weighted by Gasteiger charge is -2.21. The summed E-state index contributed by atoms with van der Waals surface area (Å²) in [7, 11) is 0. The van der Waals surface area contributed by atoms with Crippen LogP contribution < -0.4 is 5.32 Å². The van der Waals surface area contributed by atoms with E-state index in [-0.39, 0.29) is 0 Å². The highest BCUT2D eigenvalue weighted by Gasteiger charge is 2.37. The Hall–Kier alpha value is -1.42. The largest absolute Gasteiger partial charge is 0.370 e. The van der Waals surface area contributed by atoms with Crippen molar-refractivity contribution in [2.75, 3.05) is 31.5 Å². The fourth-order valence-corrected chi connectivity index (χ4v) is 3.39. The number of likely N-dealkylation sites (tertiary alicyclic amines) is 1. The van der Waals surface area contributed by atoms with E-state index >= 15 is 0 Å². The molecule has 0 aromatic carbocycles. The van der Waals surface area contributed by atoms with E-state index in [0.29, 0.717) is 19.4 Å². The van der Waals surface area contributed by atoms with Gasteiger partial charge in [0.2, 0.25) is 0 Å². The van der Waals surface area contributed by atoms with Crippen molar-refractivity contribution >= 4 is 5.82 Å². The smallest absolute Gasteiger partial charge is 0.129 e. The summed E-state index contributed by atoms with van der Waals surface area (Å²) >= 11 is 0. The molecule has 1 N–H and O–H groups in total. The molecule has 3 nitrogen and oxygen atoms in total. The SMILES string of the molecule is CC=CCN1CCC(F)(CCc2ccc3c(n2)NCCC3)C1. The molecule has 3 rings (SSSR count). The summed E-state index contributed by atoms with van der Waals surface area (Å²) < 4.78 is 14.9. The maximum Gasteiger partial charge on any atom is 0.129 e. The summed E-state index contributed by atoms with van der Waals surface area (Å²) in [6, 6.07) is 4.23. The predicted octanol–water partition coefficient (Wildman–Crippen LogP) is 3.36. The topological polar surface area (TPSA) is 28.2 Å². The molecule has 1 atom stereocenters. The van der Waals surface area contributed by atoms with Crippen LogP contribution in [-0.4, -0.2) is 41.7 Å². The molecule has 4 heteroatoms. The molecular formula is C18H26FN3. The minimum absolute atomic E-state index is 0.556. The molecule has 2 aliphatic rings. The third-order valence-corrected chi connectivity index (χ3v) is 4.76. The van der Waals surface area contributed by atoms with Crippen LogP contribution in [0.1, 0.15) is 37.4 Å². The van der Waals surface area contributed by atoms with E-state index in [4.69, 9.17) is 0 Å². The zero-order valence-corrected chi connectivity index (χ0v) is 13.4. The summed E-state index contributed by atoms with van der Waals surface area (Å²) in [5.74, 6) is 1.01. The molecule has 0 amide bonds. The molecule has 1 fully saturated rings. The summed E-state index contributed by atoms with van der Waals surface area (Å²) in [4.78, 5) is 6.87. The van der Waals surface area contributed by atoms with Gasteiger partial charge in [0, 0.05) is 31.9 Å². The molecule has 1 aromatic heterocycles. The van der Waals surface area contributed by atoms with Crippen LogP contribution in [0, 0.1) is 0 Å². The Kier molecular flexibility index (Phi) is 4.77. The molecule has 0 aliphatic carbocycles. The maximum absolute atomic E-state index is 14.9. The second-order valence-corrected chi connectivity index (χ2v) is 6.55. The van der Waals surface area contributed by atoms with E-state index in [9.17, 15) is 4.39 Å². The molecule has 2 aliphatic heterocycles. The van der Waals surface area contributed by atoms with Crippen LogP contribution in [0.5, 0.6) is 0 Å². The van der Waals surface area contributed by atoms with Crippen LogP contribution in [0.15, 0.2) is 24.3 Å². The Balaban J connectivity index is 1.56. The molecule has 22 heavy (non-hydrogen) atoms. The van der Waals surface area contributed by atoms with E-state index in [0.717, 1.165) is 44.0 Å². The van der Waals surface area contributed by atoms with Gasteiger partial charge in [-0.05, 0) is 50.7 Å². The van der Waals surface area contributed by atoms with E-state index in [1.807, 2.05) is 13.0 Å². The van der Waals surface area contributed by atoms with Crippen LogP contribution in [0.4, 0.5) is 10.2 Å². The Bertz CT molecular complexity index is 543. The van der Waals surface area contributed by atoms with Crippen LogP contribution in [0.3, 0.4) is 0 Å². The van der Waals surface area contributed by atoms with E-state index in [1.54, 1.807) is 0 Å². The Morgan fingerprint density at radius 3 is 3.23 bits per heavy atom. The number of aromatic nitrogens is 1. The zero-order valence-electron chi connectivity index (χ0n) is 13.4. The molecule has 120 valence electrons. The fraction of sp³-hybridized carbons (Fsp3) is 0.611. The van der Waals surface area contributed by atoms with Crippen molar-refractivity contribution in [2.45, 2.75) is 44.7 Å². The number of aryl methyl sites for hydroxylation is 2. The normalized spacial score (nSPS) is 25.4. The quantitative estimate of drug-likeness (QED) is 0.845. The number of pyridine rings is 1. The second kappa shape index (κ2) is 6.78. The highest BCUT2D eigenvalue weighted by molar-refractivity contribution is 5.47. The van der Waals surface area contributed by atoms with E-state index in [1.165, 1.54) is 12.0 Å². The number of rotatable bonds is 5. The summed E-state index contributed by atoms with van der Waals surface area (Å²) in [6.45, 7) is 5.29. The number of nitrogens with one attached hydrogen (secondary N) is 1. The number of hydrogen-bond acceptors (Lipinski definition) is 3. The van der Waals surface area contributed by atoms with Gasteiger partial charge in [0.15, 0.2) is 0 Å². The summed E-state index contributed by atoms with van der Waals surface area (Å²) in [5.41, 5.74) is 1.26. The molecular weight excluding hydrogens is 277 g/mol. The van der Waals surface area contributed by atoms with Gasteiger partial charge in [-0.3, -0.25) is 4.90 Å². The zero-order chi connectivity index (χ0) is 15.4. The number of alkyl halides is 1. The lowest BCUT2D eigenvalue weighted by Crippen LogP contribution is -2.29. The van der Waals surface area contributed by atoms with E-state index < -0.39 is 5.67 Å². The van der Waals surface area contributed by atoms with Crippen molar-refractivity contribution in [1.82, 2.24) is 9.88 Å². The fourth-order valence-electron chi connectivity index (χ4n) is 3.39. The van der Waals surface area contributed by atoms with Gasteiger partial charge < -0.3 is 5.32 Å². The maximum atomic E-state index is 14.9. The van der Waals surface area contributed by atoms with Gasteiger partial charge in [0.25, 0.3) is 0 Å². The first-order valence-electron chi connectivity index (χ1n) is 8.44. The molecule has 3 heterocycles. The Morgan fingerprint density at radius 1 is 1.45 bits per heavy atom. The van der Waals surface area contributed by atoms with Crippen molar-refractivity contribution in [2.24, 2.45) is 0 Å². The number of halogens is 1. The molecule has 0 saturated carbocycles. The van der Waals surface area contributed by atoms with Gasteiger partial charge in [0.1, 0.15) is 11.5 Å². The number of nitrogens with zero attached hydrogens (tertiary/aromatic N) is 2. The molecule has 0 bridgehead atoms. The van der Waals surface area contributed by atoms with Gasteiger partial charge in [0.05, 0.1) is 0 Å². The molecule has 0 radical (unpaired) electrons. The molecule has 1 saturated heterocycles. The second-order valence-electron chi connectivity index (χ2n) is 6.55. The van der Waals surface area contributed by atoms with Crippen molar-refractivity contribution in [3.8, 4) is 0 Å². The number of anilines is 1. The Morgan fingerprint density at radius 2 is 2.36 bits per heavy atom.